The zero-order valence-corrected chi connectivity index (χ0v) is 12.6. The topological polar surface area (TPSA) is 29.9 Å². The number of hydrogen-bond donors (Lipinski definition) is 1. The molecule has 0 spiro atoms. The van der Waals surface area contributed by atoms with E-state index in [0.29, 0.717) is 6.04 Å². The van der Waals surface area contributed by atoms with Crippen molar-refractivity contribution in [3.05, 3.63) is 48.5 Å². The van der Waals surface area contributed by atoms with Crippen LogP contribution in [0.25, 0.3) is 5.69 Å². The van der Waals surface area contributed by atoms with E-state index in [1.54, 1.807) is 0 Å². The van der Waals surface area contributed by atoms with E-state index in [9.17, 15) is 0 Å². The van der Waals surface area contributed by atoms with Crippen LogP contribution in [0.15, 0.2) is 43.0 Å². The maximum Gasteiger partial charge on any atom is 0.0991 e. The Morgan fingerprint density at radius 3 is 2.67 bits per heavy atom. The lowest BCUT2D eigenvalue weighted by Gasteiger charge is -2.27. The van der Waals surface area contributed by atoms with Gasteiger partial charge in [0.05, 0.1) is 6.33 Å². The summed E-state index contributed by atoms with van der Waals surface area (Å²) in [6.07, 6.45) is 11.4. The number of hydrogen-bond acceptors (Lipinski definition) is 2. The normalized spacial score (nSPS) is 28.9. The molecule has 21 heavy (non-hydrogen) atoms. The van der Waals surface area contributed by atoms with E-state index in [4.69, 9.17) is 0 Å². The second-order valence-corrected chi connectivity index (χ2v) is 6.73. The van der Waals surface area contributed by atoms with E-state index in [2.05, 4.69) is 41.5 Å². The molecule has 4 atom stereocenters. The zero-order valence-electron chi connectivity index (χ0n) is 12.6. The van der Waals surface area contributed by atoms with Crippen LogP contribution in [-0.2, 0) is 0 Å². The third-order valence-electron chi connectivity index (χ3n) is 5.40. The van der Waals surface area contributed by atoms with Crippen LogP contribution in [0.5, 0.6) is 0 Å². The summed E-state index contributed by atoms with van der Waals surface area (Å²) in [5.41, 5.74) is 2.55. The van der Waals surface area contributed by atoms with Gasteiger partial charge in [0.2, 0.25) is 0 Å². The molecule has 1 N–H and O–H groups in total. The number of nitrogens with one attached hydrogen (secondary N) is 1. The molecule has 0 amide bonds. The second-order valence-electron chi connectivity index (χ2n) is 6.73. The fourth-order valence-electron chi connectivity index (χ4n) is 4.21. The average molecular weight is 281 g/mol. The Bertz CT molecular complexity index is 587. The summed E-state index contributed by atoms with van der Waals surface area (Å²) in [6, 6.07) is 10.0. The lowest BCUT2D eigenvalue weighted by atomic mass is 9.94. The van der Waals surface area contributed by atoms with Crippen molar-refractivity contribution in [2.75, 3.05) is 0 Å². The van der Waals surface area contributed by atoms with Crippen molar-refractivity contribution in [1.82, 2.24) is 14.9 Å². The standard InChI is InChI=1S/C18H23N3/c1-13(20-18-11-14-2-3-16(18)10-14)15-4-6-17(7-5-15)21-9-8-19-12-21/h4-9,12-14,16,18,20H,2-3,10-11H2,1H3. The van der Waals surface area contributed by atoms with Gasteiger partial charge in [-0.05, 0) is 55.7 Å². The summed E-state index contributed by atoms with van der Waals surface area (Å²) in [4.78, 5) is 4.10. The van der Waals surface area contributed by atoms with E-state index < -0.39 is 0 Å². The second kappa shape index (κ2) is 5.30. The zero-order chi connectivity index (χ0) is 14.2. The molecule has 2 fully saturated rings. The molecule has 1 aromatic carbocycles. The lowest BCUT2D eigenvalue weighted by Crippen LogP contribution is -2.35. The lowest BCUT2D eigenvalue weighted by molar-refractivity contribution is 0.327. The van der Waals surface area contributed by atoms with Gasteiger partial charge in [-0.25, -0.2) is 4.98 Å². The van der Waals surface area contributed by atoms with Crippen LogP contribution in [0.4, 0.5) is 0 Å². The van der Waals surface area contributed by atoms with Gasteiger partial charge in [0.1, 0.15) is 0 Å². The Morgan fingerprint density at radius 1 is 1.19 bits per heavy atom. The number of aromatic nitrogens is 2. The highest BCUT2D eigenvalue weighted by atomic mass is 15.0. The third kappa shape index (κ3) is 2.51. The molecule has 3 nitrogen and oxygen atoms in total. The largest absolute Gasteiger partial charge is 0.307 e. The van der Waals surface area contributed by atoms with Crippen LogP contribution >= 0.6 is 0 Å². The van der Waals surface area contributed by atoms with Gasteiger partial charge < -0.3 is 9.88 Å². The number of nitrogens with zero attached hydrogens (tertiary/aromatic N) is 2. The Morgan fingerprint density at radius 2 is 2.05 bits per heavy atom. The SMILES string of the molecule is CC(NC1CC2CCC1C2)c1ccc(-n2ccnc2)cc1. The molecule has 2 aliphatic rings. The molecule has 0 saturated heterocycles. The van der Waals surface area contributed by atoms with Gasteiger partial charge in [0.25, 0.3) is 0 Å². The highest BCUT2D eigenvalue weighted by molar-refractivity contribution is 5.35. The Balaban J connectivity index is 1.43. The van der Waals surface area contributed by atoms with Gasteiger partial charge >= 0.3 is 0 Å². The summed E-state index contributed by atoms with van der Waals surface area (Å²) >= 11 is 0. The number of fused-ring (bicyclic) bond motifs is 2. The summed E-state index contributed by atoms with van der Waals surface area (Å²) < 4.78 is 2.04. The molecular formula is C18H23N3. The van der Waals surface area contributed by atoms with Crippen LogP contribution in [0.1, 0.15) is 44.2 Å². The molecule has 2 aromatic rings. The van der Waals surface area contributed by atoms with Crippen molar-refractivity contribution in [1.29, 1.82) is 0 Å². The van der Waals surface area contributed by atoms with Crippen molar-refractivity contribution in [2.24, 2.45) is 11.8 Å². The van der Waals surface area contributed by atoms with Crippen LogP contribution in [-0.4, -0.2) is 15.6 Å². The molecule has 1 aromatic heterocycles. The number of rotatable bonds is 4. The van der Waals surface area contributed by atoms with Gasteiger partial charge in [-0.3, -0.25) is 0 Å². The first-order chi connectivity index (χ1) is 10.3. The fourth-order valence-corrected chi connectivity index (χ4v) is 4.21. The number of imidazole rings is 1. The third-order valence-corrected chi connectivity index (χ3v) is 5.40. The molecule has 2 aliphatic carbocycles. The molecule has 1 heterocycles. The van der Waals surface area contributed by atoms with E-state index in [1.807, 2.05) is 23.3 Å². The molecule has 4 unspecified atom stereocenters. The van der Waals surface area contributed by atoms with Gasteiger partial charge in [0.15, 0.2) is 0 Å². The van der Waals surface area contributed by atoms with Crippen molar-refractivity contribution < 1.29 is 0 Å². The fraction of sp³-hybridized carbons (Fsp3) is 0.500. The highest BCUT2D eigenvalue weighted by Crippen LogP contribution is 2.45. The number of benzene rings is 1. The summed E-state index contributed by atoms with van der Waals surface area (Å²) in [6.45, 7) is 2.29. The predicted molar refractivity (Wildman–Crippen MR) is 84.4 cm³/mol. The van der Waals surface area contributed by atoms with Gasteiger partial charge in [0, 0.05) is 30.2 Å². The van der Waals surface area contributed by atoms with Crippen LogP contribution in [0, 0.1) is 11.8 Å². The smallest absolute Gasteiger partial charge is 0.0991 e. The first-order valence-corrected chi connectivity index (χ1v) is 8.14. The molecule has 2 saturated carbocycles. The monoisotopic (exact) mass is 281 g/mol. The summed E-state index contributed by atoms with van der Waals surface area (Å²) in [5, 5.41) is 3.86. The molecule has 3 heteroatoms. The highest BCUT2D eigenvalue weighted by Gasteiger charge is 2.39. The first kappa shape index (κ1) is 13.1. The van der Waals surface area contributed by atoms with E-state index in [-0.39, 0.29) is 0 Å². The molecule has 110 valence electrons. The van der Waals surface area contributed by atoms with E-state index >= 15 is 0 Å². The quantitative estimate of drug-likeness (QED) is 0.926. The minimum absolute atomic E-state index is 0.436. The molecule has 4 rings (SSSR count). The van der Waals surface area contributed by atoms with Crippen molar-refractivity contribution in [2.45, 2.75) is 44.7 Å². The molecular weight excluding hydrogens is 258 g/mol. The molecule has 0 radical (unpaired) electrons. The van der Waals surface area contributed by atoms with Crippen molar-refractivity contribution >= 4 is 0 Å². The Kier molecular flexibility index (Phi) is 3.30. The van der Waals surface area contributed by atoms with E-state index in [1.165, 1.54) is 36.9 Å². The molecule has 0 aliphatic heterocycles. The maximum atomic E-state index is 4.10. The minimum atomic E-state index is 0.436. The van der Waals surface area contributed by atoms with Crippen LogP contribution in [0.2, 0.25) is 0 Å². The Hall–Kier alpha value is -1.61. The van der Waals surface area contributed by atoms with Crippen molar-refractivity contribution in [3.8, 4) is 5.69 Å². The Labute approximate surface area is 126 Å². The average Bonchev–Trinajstić information content (AvgIpc) is 3.25. The van der Waals surface area contributed by atoms with Crippen molar-refractivity contribution in [3.63, 3.8) is 0 Å². The predicted octanol–water partition coefficient (Wildman–Crippen LogP) is 3.71. The minimum Gasteiger partial charge on any atom is -0.307 e. The summed E-state index contributed by atoms with van der Waals surface area (Å²) in [5.74, 6) is 1.94. The first-order valence-electron chi connectivity index (χ1n) is 8.14. The van der Waals surface area contributed by atoms with Crippen LogP contribution in [0.3, 0.4) is 0 Å². The van der Waals surface area contributed by atoms with Crippen LogP contribution < -0.4 is 5.32 Å². The van der Waals surface area contributed by atoms with Gasteiger partial charge in [-0.2, -0.15) is 0 Å². The molecule has 2 bridgehead atoms. The summed E-state index contributed by atoms with van der Waals surface area (Å²) in [7, 11) is 0. The van der Waals surface area contributed by atoms with E-state index in [0.717, 1.165) is 17.9 Å². The maximum absolute atomic E-state index is 4.10. The van der Waals surface area contributed by atoms with Gasteiger partial charge in [-0.15, -0.1) is 0 Å². The van der Waals surface area contributed by atoms with Gasteiger partial charge in [-0.1, -0.05) is 18.6 Å².